The predicted molar refractivity (Wildman–Crippen MR) is 131 cm³/mol. The molecule has 2 heterocycles. The summed E-state index contributed by atoms with van der Waals surface area (Å²) in [5.74, 6) is -0.312. The third-order valence-corrected chi connectivity index (χ3v) is 6.41. The quantitative estimate of drug-likeness (QED) is 0.356. The van der Waals surface area contributed by atoms with E-state index in [4.69, 9.17) is 9.47 Å². The van der Waals surface area contributed by atoms with E-state index in [0.29, 0.717) is 18.1 Å². The molecule has 1 saturated heterocycles. The standard InChI is InChI=1S/C28H33NO5/c1-16(2)19-6-8-20(9-7-19)25-24(27(31)28(32)29(25)12-13-33-17(3)4)26(30)21-10-11-23-22(15-21)14-18(5)34-23/h6-11,15-18,25,30H,12-14H2,1-5H3/b26-24-. The molecule has 1 amide bonds. The summed E-state index contributed by atoms with van der Waals surface area (Å²) in [6.07, 6.45) is 0.812. The number of carbonyl (C=O) groups is 2. The van der Waals surface area contributed by atoms with Gasteiger partial charge in [0.05, 0.1) is 24.3 Å². The monoisotopic (exact) mass is 463 g/mol. The Morgan fingerprint density at radius 3 is 2.47 bits per heavy atom. The van der Waals surface area contributed by atoms with E-state index in [9.17, 15) is 14.7 Å². The highest BCUT2D eigenvalue weighted by atomic mass is 16.5. The minimum Gasteiger partial charge on any atom is -0.507 e. The van der Waals surface area contributed by atoms with E-state index in [1.54, 1.807) is 6.07 Å². The first-order valence-corrected chi connectivity index (χ1v) is 12.0. The number of likely N-dealkylation sites (tertiary alicyclic amines) is 1. The fourth-order valence-electron chi connectivity index (χ4n) is 4.63. The van der Waals surface area contributed by atoms with Crippen LogP contribution in [0.1, 0.15) is 68.8 Å². The van der Waals surface area contributed by atoms with Gasteiger partial charge in [0.15, 0.2) is 0 Å². The molecule has 6 heteroatoms. The second-order valence-corrected chi connectivity index (χ2v) is 9.69. The van der Waals surface area contributed by atoms with E-state index in [1.807, 2.05) is 57.2 Å². The van der Waals surface area contributed by atoms with Gasteiger partial charge in [0.2, 0.25) is 0 Å². The van der Waals surface area contributed by atoms with Gasteiger partial charge in [0.25, 0.3) is 11.7 Å². The molecular formula is C28H33NO5. The zero-order chi connectivity index (χ0) is 24.6. The Morgan fingerprint density at radius 1 is 1.12 bits per heavy atom. The van der Waals surface area contributed by atoms with Crippen LogP contribution in [0.25, 0.3) is 5.76 Å². The van der Waals surface area contributed by atoms with Crippen molar-refractivity contribution in [3.05, 3.63) is 70.3 Å². The van der Waals surface area contributed by atoms with Gasteiger partial charge in [-0.25, -0.2) is 0 Å². The maximum absolute atomic E-state index is 13.2. The first kappa shape index (κ1) is 24.0. The Morgan fingerprint density at radius 2 is 1.82 bits per heavy atom. The normalized spacial score (nSPS) is 21.4. The fourth-order valence-corrected chi connectivity index (χ4v) is 4.63. The highest BCUT2D eigenvalue weighted by Gasteiger charge is 2.46. The van der Waals surface area contributed by atoms with Crippen molar-refractivity contribution >= 4 is 17.4 Å². The summed E-state index contributed by atoms with van der Waals surface area (Å²) >= 11 is 0. The number of ketones is 1. The Hall–Kier alpha value is -3.12. The van der Waals surface area contributed by atoms with E-state index >= 15 is 0 Å². The van der Waals surface area contributed by atoms with Crippen LogP contribution in [0, 0.1) is 0 Å². The number of nitrogens with zero attached hydrogens (tertiary/aromatic N) is 1. The van der Waals surface area contributed by atoms with Crippen molar-refractivity contribution in [3.8, 4) is 5.75 Å². The molecule has 0 spiro atoms. The van der Waals surface area contributed by atoms with E-state index in [-0.39, 0.29) is 30.1 Å². The number of fused-ring (bicyclic) bond motifs is 1. The third-order valence-electron chi connectivity index (χ3n) is 6.41. The predicted octanol–water partition coefficient (Wildman–Crippen LogP) is 4.98. The number of benzene rings is 2. The molecule has 1 N–H and O–H groups in total. The zero-order valence-corrected chi connectivity index (χ0v) is 20.5. The number of ether oxygens (including phenoxy) is 2. The number of carbonyl (C=O) groups excluding carboxylic acids is 2. The van der Waals surface area contributed by atoms with Gasteiger partial charge in [0, 0.05) is 18.5 Å². The van der Waals surface area contributed by atoms with Crippen LogP contribution in [0.3, 0.4) is 0 Å². The highest BCUT2D eigenvalue weighted by molar-refractivity contribution is 6.46. The molecule has 6 nitrogen and oxygen atoms in total. The van der Waals surface area contributed by atoms with Crippen LogP contribution in [0.5, 0.6) is 5.75 Å². The van der Waals surface area contributed by atoms with Gasteiger partial charge in [0.1, 0.15) is 17.6 Å². The number of rotatable bonds is 7. The molecule has 180 valence electrons. The van der Waals surface area contributed by atoms with Crippen molar-refractivity contribution in [2.45, 2.75) is 65.2 Å². The van der Waals surface area contributed by atoms with E-state index < -0.39 is 17.7 Å². The molecule has 0 radical (unpaired) electrons. The molecule has 2 aliphatic rings. The number of Topliss-reactive ketones (excluding diaryl/α,β-unsaturated/α-hetero) is 1. The largest absolute Gasteiger partial charge is 0.507 e. The minimum absolute atomic E-state index is 0.0108. The Kier molecular flexibility index (Phi) is 6.80. The van der Waals surface area contributed by atoms with Crippen molar-refractivity contribution in [2.75, 3.05) is 13.2 Å². The van der Waals surface area contributed by atoms with Crippen molar-refractivity contribution in [1.82, 2.24) is 4.90 Å². The van der Waals surface area contributed by atoms with Crippen LogP contribution < -0.4 is 4.74 Å². The molecule has 0 aliphatic carbocycles. The van der Waals surface area contributed by atoms with Crippen molar-refractivity contribution in [2.24, 2.45) is 0 Å². The van der Waals surface area contributed by atoms with Gasteiger partial charge in [-0.15, -0.1) is 0 Å². The van der Waals surface area contributed by atoms with Gasteiger partial charge >= 0.3 is 0 Å². The fraction of sp³-hybridized carbons (Fsp3) is 0.429. The summed E-state index contributed by atoms with van der Waals surface area (Å²) in [5.41, 5.74) is 3.55. The SMILES string of the molecule is CC(C)OCCN1C(=O)C(=O)/C(=C(\O)c2ccc3c(c2)CC(C)O3)C1c1ccc(C(C)C)cc1. The summed E-state index contributed by atoms with van der Waals surface area (Å²) < 4.78 is 11.4. The van der Waals surface area contributed by atoms with Gasteiger partial charge in [-0.1, -0.05) is 38.1 Å². The van der Waals surface area contributed by atoms with Gasteiger partial charge in [-0.3, -0.25) is 9.59 Å². The highest BCUT2D eigenvalue weighted by Crippen LogP contribution is 2.40. The molecule has 0 aromatic heterocycles. The molecule has 2 atom stereocenters. The summed E-state index contributed by atoms with van der Waals surface area (Å²) in [4.78, 5) is 27.8. The maximum Gasteiger partial charge on any atom is 0.295 e. The number of aliphatic hydroxyl groups excluding tert-OH is 1. The summed E-state index contributed by atoms with van der Waals surface area (Å²) in [6.45, 7) is 10.6. The van der Waals surface area contributed by atoms with Crippen LogP contribution in [-0.2, 0) is 20.7 Å². The van der Waals surface area contributed by atoms with Crippen LogP contribution in [0.15, 0.2) is 48.0 Å². The summed E-state index contributed by atoms with van der Waals surface area (Å²) in [7, 11) is 0. The minimum atomic E-state index is -0.680. The molecule has 0 saturated carbocycles. The topological polar surface area (TPSA) is 76.1 Å². The molecule has 34 heavy (non-hydrogen) atoms. The number of amides is 1. The summed E-state index contributed by atoms with van der Waals surface area (Å²) in [5, 5.41) is 11.3. The summed E-state index contributed by atoms with van der Waals surface area (Å²) in [6, 6.07) is 12.6. The Labute approximate surface area is 201 Å². The van der Waals surface area contributed by atoms with Crippen LogP contribution in [-0.4, -0.2) is 47.1 Å². The van der Waals surface area contributed by atoms with E-state index in [1.165, 1.54) is 4.90 Å². The molecule has 1 fully saturated rings. The first-order valence-electron chi connectivity index (χ1n) is 12.0. The molecular weight excluding hydrogens is 430 g/mol. The molecule has 2 aromatic rings. The molecule has 2 aliphatic heterocycles. The van der Waals surface area contributed by atoms with Crippen LogP contribution >= 0.6 is 0 Å². The average molecular weight is 464 g/mol. The van der Waals surface area contributed by atoms with Crippen molar-refractivity contribution in [3.63, 3.8) is 0 Å². The second kappa shape index (κ2) is 9.63. The average Bonchev–Trinajstić information content (AvgIpc) is 3.29. The lowest BCUT2D eigenvalue weighted by atomic mass is 9.92. The molecule has 2 aromatic carbocycles. The maximum atomic E-state index is 13.2. The number of aliphatic hydroxyl groups is 1. The van der Waals surface area contributed by atoms with E-state index in [0.717, 1.165) is 28.9 Å². The molecule has 0 bridgehead atoms. The molecule has 2 unspecified atom stereocenters. The van der Waals surface area contributed by atoms with Gasteiger partial charge < -0.3 is 19.5 Å². The lowest BCUT2D eigenvalue weighted by Crippen LogP contribution is -2.33. The second-order valence-electron chi connectivity index (χ2n) is 9.69. The van der Waals surface area contributed by atoms with Gasteiger partial charge in [-0.2, -0.15) is 0 Å². The zero-order valence-electron chi connectivity index (χ0n) is 20.5. The number of hydrogen-bond donors (Lipinski definition) is 1. The van der Waals surface area contributed by atoms with Crippen molar-refractivity contribution in [1.29, 1.82) is 0 Å². The van der Waals surface area contributed by atoms with Crippen molar-refractivity contribution < 1.29 is 24.2 Å². The van der Waals surface area contributed by atoms with E-state index in [2.05, 4.69) is 13.8 Å². The number of hydrogen-bond acceptors (Lipinski definition) is 5. The lowest BCUT2D eigenvalue weighted by Gasteiger charge is -2.26. The Balaban J connectivity index is 1.77. The smallest absolute Gasteiger partial charge is 0.295 e. The Bertz CT molecular complexity index is 1120. The van der Waals surface area contributed by atoms with Crippen LogP contribution in [0.2, 0.25) is 0 Å². The first-order chi connectivity index (χ1) is 16.2. The van der Waals surface area contributed by atoms with Crippen LogP contribution in [0.4, 0.5) is 0 Å². The third kappa shape index (κ3) is 4.60. The lowest BCUT2D eigenvalue weighted by molar-refractivity contribution is -0.140. The van der Waals surface area contributed by atoms with Gasteiger partial charge in [-0.05, 0) is 61.6 Å². The molecule has 4 rings (SSSR count).